The molecule has 0 radical (unpaired) electrons. The van der Waals surface area contributed by atoms with Crippen LogP contribution in [0.4, 0.5) is 0 Å². The van der Waals surface area contributed by atoms with Gasteiger partial charge in [0.25, 0.3) is 0 Å². The van der Waals surface area contributed by atoms with Gasteiger partial charge < -0.3 is 9.84 Å². The minimum absolute atomic E-state index is 0.00700. The third-order valence-corrected chi connectivity index (χ3v) is 5.27. The average molecular weight is 336 g/mol. The van der Waals surface area contributed by atoms with Crippen LogP contribution in [0.1, 0.15) is 54.4 Å². The van der Waals surface area contributed by atoms with E-state index >= 15 is 0 Å². The summed E-state index contributed by atoms with van der Waals surface area (Å²) in [5, 5.41) is 10.8. The summed E-state index contributed by atoms with van der Waals surface area (Å²) in [5.41, 5.74) is -0.193. The summed E-state index contributed by atoms with van der Waals surface area (Å²) >= 11 is 1.85. The van der Waals surface area contributed by atoms with Crippen molar-refractivity contribution in [1.29, 1.82) is 0 Å². The molecule has 2 rings (SSSR count). The highest BCUT2D eigenvalue weighted by Crippen LogP contribution is 2.52. The first-order chi connectivity index (χ1) is 10.4. The lowest BCUT2D eigenvalue weighted by Crippen LogP contribution is -2.45. The van der Waals surface area contributed by atoms with E-state index in [1.807, 2.05) is 45.5 Å². The Morgan fingerprint density at radius 1 is 1.39 bits per heavy atom. The monoisotopic (exact) mass is 336 g/mol. The van der Waals surface area contributed by atoms with Crippen LogP contribution in [0.15, 0.2) is 34.8 Å². The molecule has 1 aliphatic carbocycles. The first kappa shape index (κ1) is 18.3. The summed E-state index contributed by atoms with van der Waals surface area (Å²) in [5.74, 6) is -0.327. The average Bonchev–Trinajstić information content (AvgIpc) is 2.32. The van der Waals surface area contributed by atoms with Crippen molar-refractivity contribution in [2.24, 2.45) is 5.92 Å². The second-order valence-electron chi connectivity index (χ2n) is 8.29. The van der Waals surface area contributed by atoms with Gasteiger partial charge in [-0.3, -0.25) is 0 Å². The molecule has 0 aromatic heterocycles. The molecule has 1 N–H and O–H groups in total. The molecule has 2 unspecified atom stereocenters. The minimum Gasteiger partial charge on any atom is -0.457 e. The molecule has 0 spiro atoms. The van der Waals surface area contributed by atoms with Gasteiger partial charge in [0.15, 0.2) is 0 Å². The normalized spacial score (nSPS) is 30.5. The Morgan fingerprint density at radius 3 is 2.65 bits per heavy atom. The number of ether oxygens (including phenoxy) is 1. The van der Waals surface area contributed by atoms with Gasteiger partial charge in [-0.25, -0.2) is 4.79 Å². The number of hydrogen-bond donors (Lipinski definition) is 1. The van der Waals surface area contributed by atoms with Crippen molar-refractivity contribution in [2.45, 2.75) is 70.3 Å². The number of allylic oxidation sites excluding steroid dienone is 3. The van der Waals surface area contributed by atoms with E-state index < -0.39 is 11.2 Å². The highest BCUT2D eigenvalue weighted by Gasteiger charge is 2.45. The van der Waals surface area contributed by atoms with Gasteiger partial charge in [-0.1, -0.05) is 32.1 Å². The lowest BCUT2D eigenvalue weighted by Gasteiger charge is -2.46. The summed E-state index contributed by atoms with van der Waals surface area (Å²) in [7, 11) is 0. The highest BCUT2D eigenvalue weighted by molar-refractivity contribution is 8.04. The van der Waals surface area contributed by atoms with Crippen molar-refractivity contribution in [3.63, 3.8) is 0 Å². The quantitative estimate of drug-likeness (QED) is 0.600. The molecule has 0 bridgehead atoms. The number of carbonyl (C=O) groups is 1. The van der Waals surface area contributed by atoms with Gasteiger partial charge in [-0.05, 0) is 51.0 Å². The second-order valence-corrected chi connectivity index (χ2v) is 10.1. The van der Waals surface area contributed by atoms with E-state index in [1.54, 1.807) is 0 Å². The van der Waals surface area contributed by atoms with Gasteiger partial charge in [-0.2, -0.15) is 0 Å². The lowest BCUT2D eigenvalue weighted by atomic mass is 9.78. The standard InChI is InChI=1S/C19H28O3S/c1-17(2,3)22-16(20)10-8-13-7-9-15-14(11-13)19(6,21)12-18(4,5)23-15/h8-11,14,21H,7,12H2,1-6H3/b10-8+. The summed E-state index contributed by atoms with van der Waals surface area (Å²) in [6.07, 6.45) is 9.08. The molecule has 0 aromatic rings. The minimum atomic E-state index is -0.758. The molecule has 0 saturated carbocycles. The molecule has 0 aromatic carbocycles. The smallest absolute Gasteiger partial charge is 0.331 e. The van der Waals surface area contributed by atoms with E-state index in [-0.39, 0.29) is 16.6 Å². The number of hydrogen-bond acceptors (Lipinski definition) is 4. The molecule has 0 amide bonds. The maximum atomic E-state index is 11.8. The molecule has 4 heteroatoms. The molecule has 1 aliphatic heterocycles. The molecule has 1 saturated heterocycles. The van der Waals surface area contributed by atoms with Crippen LogP contribution in [0.2, 0.25) is 0 Å². The fourth-order valence-electron chi connectivity index (χ4n) is 3.26. The summed E-state index contributed by atoms with van der Waals surface area (Å²) in [6, 6.07) is 0. The molecule has 3 nitrogen and oxygen atoms in total. The summed E-state index contributed by atoms with van der Waals surface area (Å²) in [6.45, 7) is 11.8. The molecule has 128 valence electrons. The topological polar surface area (TPSA) is 46.5 Å². The van der Waals surface area contributed by atoms with Gasteiger partial charge in [-0.15, -0.1) is 11.8 Å². The van der Waals surface area contributed by atoms with Crippen LogP contribution in [0, 0.1) is 5.92 Å². The predicted molar refractivity (Wildman–Crippen MR) is 96.2 cm³/mol. The van der Waals surface area contributed by atoms with Crippen LogP contribution in [0.3, 0.4) is 0 Å². The van der Waals surface area contributed by atoms with Gasteiger partial charge in [0.1, 0.15) is 5.60 Å². The van der Waals surface area contributed by atoms with Crippen LogP contribution in [-0.2, 0) is 9.53 Å². The van der Waals surface area contributed by atoms with E-state index in [1.165, 1.54) is 11.0 Å². The first-order valence-electron chi connectivity index (χ1n) is 8.11. The SMILES string of the molecule is CC(C)(C)OC(=O)/C=C/C1=CC2C(=CC1)SC(C)(C)CC2(C)O. The van der Waals surface area contributed by atoms with Gasteiger partial charge >= 0.3 is 5.97 Å². The molecule has 2 aliphatic rings. The van der Waals surface area contributed by atoms with E-state index in [9.17, 15) is 9.90 Å². The molecule has 1 heterocycles. The van der Waals surface area contributed by atoms with Crippen LogP contribution >= 0.6 is 11.8 Å². The van der Waals surface area contributed by atoms with Crippen molar-refractivity contribution in [2.75, 3.05) is 0 Å². The van der Waals surface area contributed by atoms with Crippen molar-refractivity contribution in [3.8, 4) is 0 Å². The number of esters is 1. The lowest BCUT2D eigenvalue weighted by molar-refractivity contribution is -0.148. The fourth-order valence-corrected chi connectivity index (χ4v) is 4.88. The van der Waals surface area contributed by atoms with Crippen LogP contribution in [0.25, 0.3) is 0 Å². The highest BCUT2D eigenvalue weighted by atomic mass is 32.2. The summed E-state index contributed by atoms with van der Waals surface area (Å²) in [4.78, 5) is 13.0. The summed E-state index contributed by atoms with van der Waals surface area (Å²) < 4.78 is 5.33. The molecular weight excluding hydrogens is 308 g/mol. The van der Waals surface area contributed by atoms with Crippen molar-refractivity contribution in [3.05, 3.63) is 34.8 Å². The zero-order valence-corrected chi connectivity index (χ0v) is 15.8. The number of thioether (sulfide) groups is 1. The van der Waals surface area contributed by atoms with Gasteiger partial charge in [0.05, 0.1) is 5.60 Å². The molecule has 23 heavy (non-hydrogen) atoms. The van der Waals surface area contributed by atoms with E-state index in [4.69, 9.17) is 4.74 Å². The first-order valence-corrected chi connectivity index (χ1v) is 8.93. The Labute approximate surface area is 143 Å². The maximum absolute atomic E-state index is 11.8. The fraction of sp³-hybridized carbons (Fsp3) is 0.632. The molecular formula is C19H28O3S. The number of carbonyl (C=O) groups excluding carboxylic acids is 1. The predicted octanol–water partition coefficient (Wildman–Crippen LogP) is 4.38. The van der Waals surface area contributed by atoms with Crippen LogP contribution in [-0.4, -0.2) is 27.0 Å². The van der Waals surface area contributed by atoms with E-state index in [2.05, 4.69) is 26.0 Å². The van der Waals surface area contributed by atoms with E-state index in [0.29, 0.717) is 0 Å². The van der Waals surface area contributed by atoms with E-state index in [0.717, 1.165) is 18.4 Å². The Morgan fingerprint density at radius 2 is 2.04 bits per heavy atom. The third-order valence-electron chi connectivity index (χ3n) is 3.91. The largest absolute Gasteiger partial charge is 0.457 e. The number of fused-ring (bicyclic) bond motifs is 1. The second kappa shape index (κ2) is 6.14. The van der Waals surface area contributed by atoms with Crippen LogP contribution < -0.4 is 0 Å². The molecule has 1 fully saturated rings. The van der Waals surface area contributed by atoms with Crippen molar-refractivity contribution < 1.29 is 14.6 Å². The zero-order valence-electron chi connectivity index (χ0n) is 15.0. The van der Waals surface area contributed by atoms with Gasteiger partial charge in [0.2, 0.25) is 0 Å². The Hall–Kier alpha value is -1.00. The van der Waals surface area contributed by atoms with Crippen LogP contribution in [0.5, 0.6) is 0 Å². The maximum Gasteiger partial charge on any atom is 0.331 e. The Bertz CT molecular complexity index is 574. The zero-order chi connectivity index (χ0) is 17.5. The van der Waals surface area contributed by atoms with Gasteiger partial charge in [0, 0.05) is 16.7 Å². The van der Waals surface area contributed by atoms with Crippen molar-refractivity contribution >= 4 is 17.7 Å². The number of aliphatic hydroxyl groups is 1. The Kier molecular flexibility index (Phi) is 4.89. The molecule has 2 atom stereocenters. The Balaban J connectivity index is 2.11. The van der Waals surface area contributed by atoms with Crippen molar-refractivity contribution in [1.82, 2.24) is 0 Å². The number of rotatable bonds is 2. The third kappa shape index (κ3) is 4.98.